The third-order valence-electron chi connectivity index (χ3n) is 3.82. The van der Waals surface area contributed by atoms with Gasteiger partial charge in [0, 0.05) is 12.6 Å². The molecule has 1 N–H and O–H groups in total. The van der Waals surface area contributed by atoms with Crippen LogP contribution in [0.3, 0.4) is 0 Å². The zero-order valence-corrected chi connectivity index (χ0v) is 12.6. The summed E-state index contributed by atoms with van der Waals surface area (Å²) in [6.45, 7) is 10.7. The number of benzene rings is 1. The van der Waals surface area contributed by atoms with Crippen LogP contribution >= 0.6 is 0 Å². The first-order chi connectivity index (χ1) is 9.06. The second-order valence-corrected chi connectivity index (χ2v) is 6.38. The van der Waals surface area contributed by atoms with E-state index >= 15 is 0 Å². The smallest absolute Gasteiger partial charge is 0.0950 e. The van der Waals surface area contributed by atoms with Crippen molar-refractivity contribution in [2.45, 2.75) is 52.2 Å². The van der Waals surface area contributed by atoms with Gasteiger partial charge in [0.05, 0.1) is 12.7 Å². The van der Waals surface area contributed by atoms with Crippen molar-refractivity contribution in [3.05, 3.63) is 35.4 Å². The van der Waals surface area contributed by atoms with E-state index in [1.54, 1.807) is 0 Å². The average Bonchev–Trinajstić information content (AvgIpc) is 2.39. The van der Waals surface area contributed by atoms with Crippen LogP contribution in [-0.2, 0) is 4.74 Å². The lowest BCUT2D eigenvalue weighted by molar-refractivity contribution is -0.00131. The maximum absolute atomic E-state index is 6.02. The lowest BCUT2D eigenvalue weighted by Crippen LogP contribution is -2.43. The lowest BCUT2D eigenvalue weighted by Gasteiger charge is -2.31. The summed E-state index contributed by atoms with van der Waals surface area (Å²) < 4.78 is 6.02. The maximum atomic E-state index is 6.02. The molecule has 0 aromatic heterocycles. The summed E-state index contributed by atoms with van der Waals surface area (Å²) in [7, 11) is 0. The van der Waals surface area contributed by atoms with Crippen molar-refractivity contribution >= 4 is 0 Å². The molecule has 0 radical (unpaired) electrons. The Balaban J connectivity index is 1.90. The number of morpholine rings is 1. The van der Waals surface area contributed by atoms with Gasteiger partial charge in [0.15, 0.2) is 0 Å². The third-order valence-corrected chi connectivity index (χ3v) is 3.82. The molecule has 1 aromatic carbocycles. The summed E-state index contributed by atoms with van der Waals surface area (Å²) in [6.07, 6.45) is 1.41. The molecule has 2 nitrogen and oxygen atoms in total. The van der Waals surface area contributed by atoms with Gasteiger partial charge in [-0.2, -0.15) is 0 Å². The van der Waals surface area contributed by atoms with Gasteiger partial charge in [-0.05, 0) is 29.4 Å². The van der Waals surface area contributed by atoms with Gasteiger partial charge >= 0.3 is 0 Å². The van der Waals surface area contributed by atoms with Crippen LogP contribution in [0.1, 0.15) is 57.3 Å². The molecule has 0 amide bonds. The average molecular weight is 261 g/mol. The van der Waals surface area contributed by atoms with Crippen molar-refractivity contribution < 1.29 is 4.74 Å². The van der Waals surface area contributed by atoms with Gasteiger partial charge in [0.2, 0.25) is 0 Å². The first kappa shape index (κ1) is 14.5. The molecule has 1 aliphatic heterocycles. The number of rotatable bonds is 4. The summed E-state index contributed by atoms with van der Waals surface area (Å²) in [5.74, 6) is 1.32. The molecular formula is C17H27NO. The van der Waals surface area contributed by atoms with E-state index < -0.39 is 0 Å². The maximum Gasteiger partial charge on any atom is 0.0950 e. The summed E-state index contributed by atoms with van der Waals surface area (Å²) in [6, 6.07) is 9.40. The zero-order valence-electron chi connectivity index (χ0n) is 12.6. The van der Waals surface area contributed by atoms with Crippen molar-refractivity contribution in [1.82, 2.24) is 5.32 Å². The summed E-state index contributed by atoms with van der Waals surface area (Å²) in [4.78, 5) is 0. The SMILES string of the molecule is CC(C)CC1COC(c2ccc(C(C)C)cc2)CN1. The van der Waals surface area contributed by atoms with E-state index in [0.29, 0.717) is 12.0 Å². The molecule has 0 aliphatic carbocycles. The first-order valence-corrected chi connectivity index (χ1v) is 7.51. The van der Waals surface area contributed by atoms with E-state index in [9.17, 15) is 0 Å². The highest BCUT2D eigenvalue weighted by atomic mass is 16.5. The predicted octanol–water partition coefficient (Wildman–Crippen LogP) is 3.89. The standard InChI is InChI=1S/C17H27NO/c1-12(2)9-16-11-19-17(10-18-16)15-7-5-14(6-8-15)13(3)4/h5-8,12-13,16-18H,9-11H2,1-4H3. The van der Waals surface area contributed by atoms with Crippen LogP contribution in [0.2, 0.25) is 0 Å². The van der Waals surface area contributed by atoms with Crippen molar-refractivity contribution in [3.63, 3.8) is 0 Å². The van der Waals surface area contributed by atoms with Crippen LogP contribution in [0.15, 0.2) is 24.3 Å². The number of hydrogen-bond donors (Lipinski definition) is 1. The summed E-state index contributed by atoms with van der Waals surface area (Å²) in [5, 5.41) is 3.61. The molecule has 1 aliphatic rings. The third kappa shape index (κ3) is 4.05. The van der Waals surface area contributed by atoms with Crippen LogP contribution < -0.4 is 5.32 Å². The van der Waals surface area contributed by atoms with Crippen LogP contribution in [0.25, 0.3) is 0 Å². The highest BCUT2D eigenvalue weighted by molar-refractivity contribution is 5.26. The molecule has 2 unspecified atom stereocenters. The van der Waals surface area contributed by atoms with Gasteiger partial charge in [0.1, 0.15) is 0 Å². The fraction of sp³-hybridized carbons (Fsp3) is 0.647. The van der Waals surface area contributed by atoms with Crippen LogP contribution in [0, 0.1) is 5.92 Å². The van der Waals surface area contributed by atoms with Gasteiger partial charge in [-0.15, -0.1) is 0 Å². The Bertz CT molecular complexity index is 375. The van der Waals surface area contributed by atoms with E-state index in [-0.39, 0.29) is 6.10 Å². The minimum Gasteiger partial charge on any atom is -0.371 e. The first-order valence-electron chi connectivity index (χ1n) is 7.51. The summed E-state index contributed by atoms with van der Waals surface area (Å²) >= 11 is 0. The number of hydrogen-bond acceptors (Lipinski definition) is 2. The molecule has 1 fully saturated rings. The minimum absolute atomic E-state index is 0.213. The van der Waals surface area contributed by atoms with Crippen molar-refractivity contribution in [2.24, 2.45) is 5.92 Å². The monoisotopic (exact) mass is 261 g/mol. The molecule has 1 aromatic rings. The van der Waals surface area contributed by atoms with Crippen LogP contribution in [0.4, 0.5) is 0 Å². The Kier molecular flexibility index (Phi) is 5.00. The predicted molar refractivity (Wildman–Crippen MR) is 80.5 cm³/mol. The quantitative estimate of drug-likeness (QED) is 0.888. The zero-order chi connectivity index (χ0) is 13.8. The lowest BCUT2D eigenvalue weighted by atomic mass is 9.98. The van der Waals surface area contributed by atoms with Crippen molar-refractivity contribution in [1.29, 1.82) is 0 Å². The highest BCUT2D eigenvalue weighted by Gasteiger charge is 2.22. The minimum atomic E-state index is 0.213. The van der Waals surface area contributed by atoms with Gasteiger partial charge in [-0.3, -0.25) is 0 Å². The van der Waals surface area contributed by atoms with E-state index in [2.05, 4.69) is 57.3 Å². The molecule has 0 bridgehead atoms. The Labute approximate surface area is 117 Å². The van der Waals surface area contributed by atoms with Gasteiger partial charge in [0.25, 0.3) is 0 Å². The second kappa shape index (κ2) is 6.53. The molecular weight excluding hydrogens is 234 g/mol. The van der Waals surface area contributed by atoms with Gasteiger partial charge < -0.3 is 10.1 Å². The fourth-order valence-corrected chi connectivity index (χ4v) is 2.65. The van der Waals surface area contributed by atoms with E-state index in [1.807, 2.05) is 0 Å². The van der Waals surface area contributed by atoms with E-state index in [4.69, 9.17) is 4.74 Å². The van der Waals surface area contributed by atoms with E-state index in [0.717, 1.165) is 19.1 Å². The molecule has 1 heterocycles. The Morgan fingerprint density at radius 2 is 1.84 bits per heavy atom. The molecule has 0 spiro atoms. The molecule has 0 saturated carbocycles. The molecule has 1 saturated heterocycles. The topological polar surface area (TPSA) is 21.3 Å². The summed E-state index contributed by atoms with van der Waals surface area (Å²) in [5.41, 5.74) is 2.69. The number of ether oxygens (including phenoxy) is 1. The van der Waals surface area contributed by atoms with Crippen LogP contribution in [0.5, 0.6) is 0 Å². The Hall–Kier alpha value is -0.860. The second-order valence-electron chi connectivity index (χ2n) is 6.38. The Morgan fingerprint density at radius 3 is 2.32 bits per heavy atom. The molecule has 106 valence electrons. The van der Waals surface area contributed by atoms with E-state index in [1.165, 1.54) is 17.5 Å². The van der Waals surface area contributed by atoms with Crippen molar-refractivity contribution in [2.75, 3.05) is 13.2 Å². The normalized spacial score (nSPS) is 24.1. The Morgan fingerprint density at radius 1 is 1.16 bits per heavy atom. The molecule has 2 heteroatoms. The van der Waals surface area contributed by atoms with Gasteiger partial charge in [-0.25, -0.2) is 0 Å². The van der Waals surface area contributed by atoms with Crippen LogP contribution in [-0.4, -0.2) is 19.2 Å². The molecule has 2 rings (SSSR count). The molecule has 19 heavy (non-hydrogen) atoms. The fourth-order valence-electron chi connectivity index (χ4n) is 2.65. The molecule has 2 atom stereocenters. The largest absolute Gasteiger partial charge is 0.371 e. The highest BCUT2D eigenvalue weighted by Crippen LogP contribution is 2.24. The van der Waals surface area contributed by atoms with Gasteiger partial charge in [-0.1, -0.05) is 52.0 Å². The van der Waals surface area contributed by atoms with Crippen molar-refractivity contribution in [3.8, 4) is 0 Å². The number of nitrogens with one attached hydrogen (secondary N) is 1.